The molecule has 0 nitrogen and oxygen atoms in total. The summed E-state index contributed by atoms with van der Waals surface area (Å²) in [5.41, 5.74) is 2.65. The fraction of sp³-hybridized carbons (Fsp3) is 0. The van der Waals surface area contributed by atoms with Crippen molar-refractivity contribution in [3.63, 3.8) is 0 Å². The maximum absolute atomic E-state index is 5.77. The van der Waals surface area contributed by atoms with Gasteiger partial charge >= 0.3 is 76.4 Å². The average Bonchev–Trinajstić information content (AvgIpc) is 1.64. The number of hydrogen-bond donors (Lipinski definition) is 0. The van der Waals surface area contributed by atoms with Gasteiger partial charge in [-0.1, -0.05) is 0 Å². The first-order chi connectivity index (χ1) is 4.12. The molecule has 0 bridgehead atoms. The Morgan fingerprint density at radius 2 is 1.22 bits per heavy atom. The molecule has 0 aliphatic rings. The topological polar surface area (TPSA) is 0 Å². The first kappa shape index (κ1) is 10.4. The molecule has 0 fully saturated rings. The van der Waals surface area contributed by atoms with Gasteiger partial charge in [-0.2, -0.15) is 0 Å². The molecular weight excluding hydrogens is 309 g/mol. The van der Waals surface area contributed by atoms with E-state index in [0.717, 1.165) is 0 Å². The molecule has 0 atom stereocenters. The summed E-state index contributed by atoms with van der Waals surface area (Å²) in [6.45, 7) is 0. The van der Waals surface area contributed by atoms with Crippen LogP contribution in [-0.2, 0) is 0 Å². The molecule has 0 rings (SSSR count). The Labute approximate surface area is 75.7 Å². The van der Waals surface area contributed by atoms with Crippen LogP contribution >= 0.6 is 41.0 Å². The minimum atomic E-state index is -3.05. The third kappa shape index (κ3) is 5.86. The molecule has 0 spiro atoms. The molecule has 0 aromatic rings. The van der Waals surface area contributed by atoms with Gasteiger partial charge in [-0.3, -0.25) is 0 Å². The van der Waals surface area contributed by atoms with Gasteiger partial charge in [0.2, 0.25) is 0 Å². The number of hydrogen-bond acceptors (Lipinski definition) is 0. The van der Waals surface area contributed by atoms with Crippen LogP contribution < -0.4 is 0 Å². The normalized spacial score (nSPS) is 13.8. The van der Waals surface area contributed by atoms with Crippen LogP contribution in [0.5, 0.6) is 0 Å². The van der Waals surface area contributed by atoms with Crippen LogP contribution in [0.4, 0.5) is 0 Å². The van der Waals surface area contributed by atoms with Crippen LogP contribution in [0.25, 0.3) is 0 Å². The Morgan fingerprint density at radius 1 is 0.889 bits per heavy atom. The van der Waals surface area contributed by atoms with Crippen LogP contribution in [0, 0.1) is 0 Å². The van der Waals surface area contributed by atoms with Crippen molar-refractivity contribution in [3.8, 4) is 0 Å². The van der Waals surface area contributed by atoms with Crippen molar-refractivity contribution in [1.82, 2.24) is 0 Å². The van der Waals surface area contributed by atoms with E-state index in [1.54, 1.807) is 8.18 Å². The Hall–Kier alpha value is 1.44. The Bertz CT molecular complexity index is 115. The van der Waals surface area contributed by atoms with Gasteiger partial charge < -0.3 is 0 Å². The molecule has 5 heteroatoms. The molecule has 0 amide bonds. The summed E-state index contributed by atoms with van der Waals surface area (Å²) in [5.74, 6) is 0. The molecule has 0 heterocycles. The van der Waals surface area contributed by atoms with Crippen LogP contribution in [0.15, 0.2) is 19.3 Å². The van der Waals surface area contributed by atoms with Gasteiger partial charge in [0.05, 0.1) is 0 Å². The first-order valence-electron chi connectivity index (χ1n) is 2.06. The Morgan fingerprint density at radius 3 is 1.44 bits per heavy atom. The van der Waals surface area contributed by atoms with E-state index in [-0.39, 0.29) is 0 Å². The molecule has 0 saturated carbocycles. The molecule has 9 heavy (non-hydrogen) atoms. The zero-order valence-corrected chi connectivity index (χ0v) is 10.2. The van der Waals surface area contributed by atoms with Crippen molar-refractivity contribution in [1.29, 1.82) is 0 Å². The zero-order valence-electron chi connectivity index (χ0n) is 4.32. The van der Waals surface area contributed by atoms with Gasteiger partial charge in [0.1, 0.15) is 0 Å². The second-order valence-electron chi connectivity index (χ2n) is 1.26. The van der Waals surface area contributed by atoms with E-state index < -0.39 is 16.1 Å². The molecule has 0 aliphatic carbocycles. The summed E-state index contributed by atoms with van der Waals surface area (Å²) in [6, 6.07) is 0. The molecule has 0 radical (unpaired) electrons. The SMILES string of the molecule is Cl/C=[CH]/[Sn]([Cl])([Cl])/[CH]=C/Cl. The summed E-state index contributed by atoms with van der Waals surface area (Å²) in [6.07, 6.45) is 0. The summed E-state index contributed by atoms with van der Waals surface area (Å²) < 4.78 is 3.22. The predicted molar refractivity (Wildman–Crippen MR) is 47.4 cm³/mol. The van der Waals surface area contributed by atoms with Crippen molar-refractivity contribution < 1.29 is 0 Å². The minimum absolute atomic E-state index is 1.33. The molecule has 0 saturated heterocycles. The van der Waals surface area contributed by atoms with Gasteiger partial charge in [-0.15, -0.1) is 0 Å². The van der Waals surface area contributed by atoms with Gasteiger partial charge in [0, 0.05) is 0 Å². The molecule has 0 aromatic heterocycles. The van der Waals surface area contributed by atoms with Crippen molar-refractivity contribution in [3.05, 3.63) is 19.3 Å². The van der Waals surface area contributed by atoms with Crippen molar-refractivity contribution in [2.24, 2.45) is 0 Å². The second-order valence-corrected chi connectivity index (χ2v) is 17.2. The molecule has 52 valence electrons. The number of halogens is 4. The van der Waals surface area contributed by atoms with E-state index in [1.807, 2.05) is 0 Å². The Balaban J connectivity index is 4.01. The quantitative estimate of drug-likeness (QED) is 0.685. The summed E-state index contributed by atoms with van der Waals surface area (Å²) in [4.78, 5) is 0. The third-order valence-corrected chi connectivity index (χ3v) is 8.90. The van der Waals surface area contributed by atoms with E-state index in [9.17, 15) is 0 Å². The van der Waals surface area contributed by atoms with Crippen molar-refractivity contribution >= 4 is 57.2 Å². The first-order valence-corrected chi connectivity index (χ1v) is 13.5. The van der Waals surface area contributed by atoms with Gasteiger partial charge in [-0.05, 0) is 0 Å². The van der Waals surface area contributed by atoms with Crippen LogP contribution in [0.1, 0.15) is 0 Å². The van der Waals surface area contributed by atoms with E-state index in [1.165, 1.54) is 11.1 Å². The maximum atomic E-state index is 5.77. The second kappa shape index (κ2) is 5.14. The van der Waals surface area contributed by atoms with E-state index >= 15 is 0 Å². The van der Waals surface area contributed by atoms with Crippen LogP contribution in [-0.4, -0.2) is 16.1 Å². The fourth-order valence-corrected chi connectivity index (χ4v) is 7.59. The average molecular weight is 313 g/mol. The summed E-state index contributed by atoms with van der Waals surface area (Å²) in [5, 5.41) is 0. The third-order valence-electron chi connectivity index (χ3n) is 0.570. The summed E-state index contributed by atoms with van der Waals surface area (Å²) in [7, 11) is 11.5. The van der Waals surface area contributed by atoms with Gasteiger partial charge in [0.25, 0.3) is 0 Å². The van der Waals surface area contributed by atoms with Crippen molar-refractivity contribution in [2.75, 3.05) is 0 Å². The Kier molecular flexibility index (Phi) is 5.96. The molecule has 0 unspecified atom stereocenters. The van der Waals surface area contributed by atoms with Gasteiger partial charge in [0.15, 0.2) is 0 Å². The van der Waals surface area contributed by atoms with E-state index in [4.69, 9.17) is 41.0 Å². The zero-order chi connectivity index (χ0) is 7.33. The summed E-state index contributed by atoms with van der Waals surface area (Å²) >= 11 is 7.44. The molecule has 0 aliphatic heterocycles. The fourth-order valence-electron chi connectivity index (χ4n) is 0.224. The molecular formula is C4H4Cl4Sn. The monoisotopic (exact) mass is 312 g/mol. The van der Waals surface area contributed by atoms with E-state index in [0.29, 0.717) is 0 Å². The van der Waals surface area contributed by atoms with Crippen LogP contribution in [0.2, 0.25) is 0 Å². The molecule has 0 aromatic carbocycles. The van der Waals surface area contributed by atoms with Crippen LogP contribution in [0.3, 0.4) is 0 Å². The predicted octanol–water partition coefficient (Wildman–Crippen LogP) is 3.49. The van der Waals surface area contributed by atoms with E-state index in [2.05, 4.69) is 0 Å². The van der Waals surface area contributed by atoms with Gasteiger partial charge in [-0.25, -0.2) is 0 Å². The van der Waals surface area contributed by atoms with Crippen molar-refractivity contribution in [2.45, 2.75) is 0 Å². The standard InChI is InChI=1S/2C2H2Cl.2ClH.Sn/c2*1-2-3;;;/h2*1-2H;2*1H;/q;;;;+2/p-2. The number of rotatable bonds is 2. The molecule has 0 N–H and O–H groups in total.